The van der Waals surface area contributed by atoms with Crippen LogP contribution in [0.15, 0.2) is 0 Å². The quantitative estimate of drug-likeness (QED) is 0.680. The summed E-state index contributed by atoms with van der Waals surface area (Å²) in [6.45, 7) is 6.98. The van der Waals surface area contributed by atoms with Crippen LogP contribution in [0, 0.1) is 11.8 Å². The van der Waals surface area contributed by atoms with Gasteiger partial charge in [-0.2, -0.15) is 0 Å². The van der Waals surface area contributed by atoms with Gasteiger partial charge in [-0.25, -0.2) is 0 Å². The van der Waals surface area contributed by atoms with Crippen molar-refractivity contribution >= 4 is 0 Å². The minimum Gasteiger partial charge on any atom is -0.325 e. The van der Waals surface area contributed by atoms with Crippen molar-refractivity contribution in [2.24, 2.45) is 17.6 Å². The van der Waals surface area contributed by atoms with E-state index in [9.17, 15) is 0 Å². The molecule has 1 aliphatic carbocycles. The highest BCUT2D eigenvalue weighted by molar-refractivity contribution is 4.94. The van der Waals surface area contributed by atoms with Crippen LogP contribution in [0.3, 0.4) is 0 Å². The van der Waals surface area contributed by atoms with E-state index in [-0.39, 0.29) is 5.54 Å². The van der Waals surface area contributed by atoms with E-state index < -0.39 is 0 Å². The van der Waals surface area contributed by atoms with E-state index in [1.165, 1.54) is 51.4 Å². The van der Waals surface area contributed by atoms with Crippen LogP contribution in [-0.2, 0) is 0 Å². The molecule has 1 heteroatoms. The number of hydrogen-bond acceptors (Lipinski definition) is 1. The Morgan fingerprint density at radius 1 is 1.13 bits per heavy atom. The summed E-state index contributed by atoms with van der Waals surface area (Å²) in [5.74, 6) is 1.58. The Balaban J connectivity index is 2.34. The van der Waals surface area contributed by atoms with Crippen molar-refractivity contribution in [3.05, 3.63) is 0 Å². The maximum absolute atomic E-state index is 6.58. The average Bonchev–Trinajstić information content (AvgIpc) is 2.19. The number of unbranched alkanes of at least 4 members (excludes halogenated alkanes) is 3. The van der Waals surface area contributed by atoms with Gasteiger partial charge < -0.3 is 5.73 Å². The van der Waals surface area contributed by atoms with Crippen LogP contribution in [0.4, 0.5) is 0 Å². The summed E-state index contributed by atoms with van der Waals surface area (Å²) in [5, 5.41) is 0. The summed E-state index contributed by atoms with van der Waals surface area (Å²) in [4.78, 5) is 0. The van der Waals surface area contributed by atoms with Crippen LogP contribution in [0.5, 0.6) is 0 Å². The Morgan fingerprint density at radius 2 is 1.87 bits per heavy atom. The van der Waals surface area contributed by atoms with E-state index in [0.29, 0.717) is 0 Å². The van der Waals surface area contributed by atoms with Gasteiger partial charge in [-0.3, -0.25) is 0 Å². The van der Waals surface area contributed by atoms with E-state index in [2.05, 4.69) is 20.8 Å². The highest BCUT2D eigenvalue weighted by Gasteiger charge is 2.36. The molecule has 90 valence electrons. The first-order valence-electron chi connectivity index (χ1n) is 6.87. The van der Waals surface area contributed by atoms with Gasteiger partial charge in [-0.1, -0.05) is 52.9 Å². The van der Waals surface area contributed by atoms with E-state index in [4.69, 9.17) is 5.73 Å². The Kier molecular flexibility index (Phi) is 5.11. The first kappa shape index (κ1) is 13.0. The van der Waals surface area contributed by atoms with Crippen molar-refractivity contribution in [1.29, 1.82) is 0 Å². The molecule has 0 aromatic carbocycles. The topological polar surface area (TPSA) is 26.0 Å². The lowest BCUT2D eigenvalue weighted by atomic mass is 9.68. The molecule has 1 nitrogen and oxygen atoms in total. The second kappa shape index (κ2) is 5.89. The molecule has 0 saturated heterocycles. The van der Waals surface area contributed by atoms with E-state index in [1.807, 2.05) is 0 Å². The van der Waals surface area contributed by atoms with Gasteiger partial charge in [0.25, 0.3) is 0 Å². The second-order valence-corrected chi connectivity index (χ2v) is 5.83. The molecular weight excluding hydrogens is 182 g/mol. The van der Waals surface area contributed by atoms with E-state index >= 15 is 0 Å². The molecular formula is C14H29N. The van der Waals surface area contributed by atoms with Gasteiger partial charge in [-0.05, 0) is 31.1 Å². The van der Waals surface area contributed by atoms with Gasteiger partial charge in [0.15, 0.2) is 0 Å². The first-order chi connectivity index (χ1) is 7.08. The molecule has 1 aliphatic rings. The van der Waals surface area contributed by atoms with E-state index in [0.717, 1.165) is 11.8 Å². The van der Waals surface area contributed by atoms with Gasteiger partial charge in [0.05, 0.1) is 0 Å². The molecule has 0 aliphatic heterocycles. The molecule has 3 unspecified atom stereocenters. The third kappa shape index (κ3) is 3.79. The fourth-order valence-corrected chi connectivity index (χ4v) is 3.00. The molecule has 0 radical (unpaired) electrons. The first-order valence-corrected chi connectivity index (χ1v) is 6.87. The van der Waals surface area contributed by atoms with Crippen LogP contribution in [-0.4, -0.2) is 5.54 Å². The zero-order valence-electron chi connectivity index (χ0n) is 10.9. The summed E-state index contributed by atoms with van der Waals surface area (Å²) >= 11 is 0. The molecule has 1 fully saturated rings. The maximum Gasteiger partial charge on any atom is 0.0182 e. The molecule has 1 rings (SSSR count). The van der Waals surface area contributed by atoms with Gasteiger partial charge in [0, 0.05) is 5.54 Å². The third-order valence-corrected chi connectivity index (χ3v) is 4.30. The van der Waals surface area contributed by atoms with Crippen molar-refractivity contribution in [3.63, 3.8) is 0 Å². The van der Waals surface area contributed by atoms with Crippen molar-refractivity contribution < 1.29 is 0 Å². The lowest BCUT2D eigenvalue weighted by Crippen LogP contribution is -2.49. The van der Waals surface area contributed by atoms with E-state index in [1.54, 1.807) is 0 Å². The minimum atomic E-state index is 0.158. The lowest BCUT2D eigenvalue weighted by molar-refractivity contribution is 0.148. The van der Waals surface area contributed by atoms with Crippen LogP contribution < -0.4 is 5.73 Å². The molecule has 2 N–H and O–H groups in total. The lowest BCUT2D eigenvalue weighted by Gasteiger charge is -2.42. The van der Waals surface area contributed by atoms with Crippen LogP contribution >= 0.6 is 0 Å². The van der Waals surface area contributed by atoms with Crippen molar-refractivity contribution in [3.8, 4) is 0 Å². The Hall–Kier alpha value is -0.0400. The van der Waals surface area contributed by atoms with Crippen molar-refractivity contribution in [1.82, 2.24) is 0 Å². The largest absolute Gasteiger partial charge is 0.325 e. The predicted octanol–water partition coefficient (Wildman–Crippen LogP) is 4.11. The van der Waals surface area contributed by atoms with Gasteiger partial charge in [-0.15, -0.1) is 0 Å². The summed E-state index contributed by atoms with van der Waals surface area (Å²) in [6, 6.07) is 0. The molecule has 1 saturated carbocycles. The normalized spacial score (nSPS) is 36.8. The summed E-state index contributed by atoms with van der Waals surface area (Å²) in [7, 11) is 0. The Morgan fingerprint density at radius 3 is 2.53 bits per heavy atom. The third-order valence-electron chi connectivity index (χ3n) is 4.30. The van der Waals surface area contributed by atoms with Crippen LogP contribution in [0.1, 0.15) is 72.1 Å². The minimum absolute atomic E-state index is 0.158. The van der Waals surface area contributed by atoms with Crippen LogP contribution in [0.25, 0.3) is 0 Å². The second-order valence-electron chi connectivity index (χ2n) is 5.83. The smallest absolute Gasteiger partial charge is 0.0182 e. The number of nitrogens with two attached hydrogens (primary N) is 1. The summed E-state index contributed by atoms with van der Waals surface area (Å²) in [5.41, 5.74) is 6.73. The zero-order valence-corrected chi connectivity index (χ0v) is 10.9. The zero-order chi connectivity index (χ0) is 11.3. The fourth-order valence-electron chi connectivity index (χ4n) is 3.00. The average molecular weight is 211 g/mol. The standard InChI is InChI=1S/C14H29N/c1-4-5-6-7-10-14(15)11-12(2)8-9-13(14)3/h12-13H,4-11,15H2,1-3H3. The molecule has 0 heterocycles. The molecule has 0 aromatic rings. The van der Waals surface area contributed by atoms with Crippen molar-refractivity contribution in [2.45, 2.75) is 77.7 Å². The van der Waals surface area contributed by atoms with Crippen molar-refractivity contribution in [2.75, 3.05) is 0 Å². The van der Waals surface area contributed by atoms with Crippen LogP contribution in [0.2, 0.25) is 0 Å². The highest BCUT2D eigenvalue weighted by atomic mass is 14.8. The molecule has 15 heavy (non-hydrogen) atoms. The summed E-state index contributed by atoms with van der Waals surface area (Å²) in [6.07, 6.45) is 10.6. The molecule has 0 aromatic heterocycles. The number of rotatable bonds is 5. The molecule has 0 amide bonds. The predicted molar refractivity (Wildman–Crippen MR) is 67.9 cm³/mol. The SMILES string of the molecule is CCCCCCC1(N)CC(C)CCC1C. The van der Waals surface area contributed by atoms with Gasteiger partial charge >= 0.3 is 0 Å². The Labute approximate surface area is 95.8 Å². The number of hydrogen-bond donors (Lipinski definition) is 1. The monoisotopic (exact) mass is 211 g/mol. The maximum atomic E-state index is 6.58. The Bertz CT molecular complexity index is 178. The summed E-state index contributed by atoms with van der Waals surface area (Å²) < 4.78 is 0. The van der Waals surface area contributed by atoms with Gasteiger partial charge in [0.1, 0.15) is 0 Å². The van der Waals surface area contributed by atoms with Gasteiger partial charge in [0.2, 0.25) is 0 Å². The highest BCUT2D eigenvalue weighted by Crippen LogP contribution is 2.38. The molecule has 0 spiro atoms. The molecule has 0 bridgehead atoms. The molecule has 3 atom stereocenters. The fraction of sp³-hybridized carbons (Fsp3) is 1.00.